The molecule has 7 heteroatoms. The zero-order chi connectivity index (χ0) is 22.1. The maximum Gasteiger partial charge on any atom is 0.343 e. The molecule has 1 aromatic carbocycles. The van der Waals surface area contributed by atoms with Crippen molar-refractivity contribution in [2.75, 3.05) is 34.5 Å². The molecule has 0 fully saturated rings. The van der Waals surface area contributed by atoms with Gasteiger partial charge in [0.2, 0.25) is 0 Å². The average molecular weight is 415 g/mol. The minimum Gasteiger partial charge on any atom is -0.493 e. The summed E-state index contributed by atoms with van der Waals surface area (Å²) in [6.45, 7) is 6.66. The van der Waals surface area contributed by atoms with E-state index in [-0.39, 0.29) is 29.1 Å². The van der Waals surface area contributed by atoms with Crippen LogP contribution >= 0.6 is 0 Å². The molecular weight excluding hydrogens is 386 g/mol. The fourth-order valence-electron chi connectivity index (χ4n) is 4.14. The second kappa shape index (κ2) is 8.52. The smallest absolute Gasteiger partial charge is 0.343 e. The van der Waals surface area contributed by atoms with Crippen LogP contribution in [0.3, 0.4) is 0 Å². The van der Waals surface area contributed by atoms with Gasteiger partial charge in [-0.1, -0.05) is 13.8 Å². The van der Waals surface area contributed by atoms with Gasteiger partial charge in [0.25, 0.3) is 0 Å². The minimum absolute atomic E-state index is 0.0303. The van der Waals surface area contributed by atoms with Crippen molar-refractivity contribution >= 4 is 5.97 Å². The number of hydrogen-bond acceptors (Lipinski definition) is 6. The Balaban J connectivity index is 2.28. The van der Waals surface area contributed by atoms with Crippen molar-refractivity contribution in [3.05, 3.63) is 45.7 Å². The van der Waals surface area contributed by atoms with Crippen molar-refractivity contribution in [3.63, 3.8) is 0 Å². The molecule has 0 amide bonds. The van der Waals surface area contributed by atoms with Gasteiger partial charge >= 0.3 is 5.97 Å². The van der Waals surface area contributed by atoms with Crippen molar-refractivity contribution in [3.8, 4) is 22.8 Å². The first-order valence-corrected chi connectivity index (χ1v) is 9.94. The van der Waals surface area contributed by atoms with Crippen LogP contribution in [0.4, 0.5) is 0 Å². The summed E-state index contributed by atoms with van der Waals surface area (Å²) in [5.41, 5.74) is 2.04. The molecule has 3 rings (SSSR count). The Labute approximate surface area is 176 Å². The molecule has 1 aromatic heterocycles. The molecule has 1 aliphatic heterocycles. The number of aromatic nitrogens is 1. The van der Waals surface area contributed by atoms with E-state index in [0.29, 0.717) is 24.5 Å². The maximum atomic E-state index is 12.8. The molecule has 1 aliphatic rings. The molecule has 2 heterocycles. The molecule has 1 unspecified atom stereocenters. The summed E-state index contributed by atoms with van der Waals surface area (Å²) in [6.07, 6.45) is 2.31. The van der Waals surface area contributed by atoms with Gasteiger partial charge in [0.15, 0.2) is 16.9 Å². The third-order valence-corrected chi connectivity index (χ3v) is 5.63. The van der Waals surface area contributed by atoms with Gasteiger partial charge < -0.3 is 23.5 Å². The first kappa shape index (κ1) is 21.9. The Morgan fingerprint density at radius 1 is 1.13 bits per heavy atom. The van der Waals surface area contributed by atoms with Crippen LogP contribution in [0.15, 0.2) is 29.2 Å². The largest absolute Gasteiger partial charge is 0.493 e. The van der Waals surface area contributed by atoms with E-state index in [1.165, 1.54) is 6.07 Å². The number of esters is 1. The van der Waals surface area contributed by atoms with Crippen molar-refractivity contribution in [1.82, 2.24) is 4.57 Å². The number of carbonyl (C=O) groups is 1. The summed E-state index contributed by atoms with van der Waals surface area (Å²) in [5, 5.41) is 0. The second-order valence-corrected chi connectivity index (χ2v) is 8.07. The fraction of sp³-hybridized carbons (Fsp3) is 0.478. The molecule has 30 heavy (non-hydrogen) atoms. The minimum atomic E-state index is -0.612. The van der Waals surface area contributed by atoms with E-state index in [0.717, 1.165) is 16.8 Å². The standard InChI is InChI=1S/C23H29NO6/c1-7-30-22(26)16-12-24-17(11-18(16)25)15-10-20(29-6)19(28-5)8-14(15)9-21(24)23(2,3)13-27-4/h8,10-12,21H,7,9,13H2,1-6H3. The maximum absolute atomic E-state index is 12.8. The third kappa shape index (κ3) is 3.81. The number of ether oxygens (including phenoxy) is 4. The first-order chi connectivity index (χ1) is 14.3. The van der Waals surface area contributed by atoms with Crippen LogP contribution in [0, 0.1) is 5.41 Å². The van der Waals surface area contributed by atoms with Crippen LogP contribution in [-0.4, -0.2) is 45.1 Å². The number of hydrogen-bond donors (Lipinski definition) is 0. The molecule has 0 aliphatic carbocycles. The number of pyridine rings is 1. The van der Waals surface area contributed by atoms with Gasteiger partial charge in [-0.25, -0.2) is 4.79 Å². The van der Waals surface area contributed by atoms with Crippen molar-refractivity contribution in [2.45, 2.75) is 33.2 Å². The quantitative estimate of drug-likeness (QED) is 0.645. The predicted octanol–water partition coefficient (Wildman–Crippen LogP) is 3.48. The van der Waals surface area contributed by atoms with Crippen LogP contribution < -0.4 is 14.9 Å². The van der Waals surface area contributed by atoms with Crippen LogP contribution in [0.25, 0.3) is 11.3 Å². The van der Waals surface area contributed by atoms with Crippen molar-refractivity contribution in [2.24, 2.45) is 5.41 Å². The molecule has 162 valence electrons. The summed E-state index contributed by atoms with van der Waals surface area (Å²) < 4.78 is 23.5. The normalized spacial score (nSPS) is 15.2. The number of carbonyl (C=O) groups excluding carboxylic acids is 1. The zero-order valence-corrected chi connectivity index (χ0v) is 18.4. The lowest BCUT2D eigenvalue weighted by Gasteiger charge is -2.40. The van der Waals surface area contributed by atoms with E-state index >= 15 is 0 Å². The first-order valence-electron chi connectivity index (χ1n) is 9.94. The van der Waals surface area contributed by atoms with E-state index in [1.54, 1.807) is 34.4 Å². The molecule has 0 spiro atoms. The Bertz CT molecular complexity index is 1010. The Morgan fingerprint density at radius 3 is 2.40 bits per heavy atom. The number of methoxy groups -OCH3 is 3. The lowest BCUT2D eigenvalue weighted by Crippen LogP contribution is -2.37. The molecule has 2 aromatic rings. The summed E-state index contributed by atoms with van der Waals surface area (Å²) in [4.78, 5) is 25.1. The van der Waals surface area contributed by atoms with Crippen LogP contribution in [0.2, 0.25) is 0 Å². The Kier molecular flexibility index (Phi) is 6.22. The number of rotatable bonds is 7. The fourth-order valence-corrected chi connectivity index (χ4v) is 4.14. The van der Waals surface area contributed by atoms with E-state index in [9.17, 15) is 9.59 Å². The van der Waals surface area contributed by atoms with E-state index in [2.05, 4.69) is 13.8 Å². The average Bonchev–Trinajstić information content (AvgIpc) is 2.71. The topological polar surface area (TPSA) is 76.0 Å². The summed E-state index contributed by atoms with van der Waals surface area (Å²) in [6, 6.07) is 5.29. The van der Waals surface area contributed by atoms with Gasteiger partial charge in [0.05, 0.1) is 33.1 Å². The molecule has 0 saturated heterocycles. The predicted molar refractivity (Wildman–Crippen MR) is 114 cm³/mol. The highest BCUT2D eigenvalue weighted by molar-refractivity contribution is 5.89. The second-order valence-electron chi connectivity index (χ2n) is 8.07. The molecule has 7 nitrogen and oxygen atoms in total. The summed E-state index contributed by atoms with van der Waals surface area (Å²) in [7, 11) is 4.85. The van der Waals surface area contributed by atoms with Crippen molar-refractivity contribution < 1.29 is 23.7 Å². The van der Waals surface area contributed by atoms with Gasteiger partial charge in [-0.15, -0.1) is 0 Å². The van der Waals surface area contributed by atoms with E-state index < -0.39 is 5.97 Å². The van der Waals surface area contributed by atoms with Crippen LogP contribution in [0.5, 0.6) is 11.5 Å². The SMILES string of the molecule is CCOC(=O)c1cn2c(cc1=O)-c1cc(OC)c(OC)cc1CC2C(C)(C)COC. The highest BCUT2D eigenvalue weighted by Crippen LogP contribution is 2.45. The van der Waals surface area contributed by atoms with Gasteiger partial charge in [-0.2, -0.15) is 0 Å². The number of nitrogens with zero attached hydrogens (tertiary/aromatic N) is 1. The number of fused-ring (bicyclic) bond motifs is 3. The third-order valence-electron chi connectivity index (χ3n) is 5.63. The van der Waals surface area contributed by atoms with E-state index in [1.807, 2.05) is 16.7 Å². The summed E-state index contributed by atoms with van der Waals surface area (Å²) in [5.74, 6) is 0.608. The van der Waals surface area contributed by atoms with Gasteiger partial charge in [0.1, 0.15) is 5.56 Å². The van der Waals surface area contributed by atoms with Crippen LogP contribution in [-0.2, 0) is 15.9 Å². The van der Waals surface area contributed by atoms with Gasteiger partial charge in [0, 0.05) is 36.4 Å². The Hall–Kier alpha value is -2.80. The monoisotopic (exact) mass is 415 g/mol. The highest BCUT2D eigenvalue weighted by atomic mass is 16.5. The number of benzene rings is 1. The molecule has 0 N–H and O–H groups in total. The van der Waals surface area contributed by atoms with Gasteiger partial charge in [-0.3, -0.25) is 4.79 Å². The Morgan fingerprint density at radius 2 is 1.80 bits per heavy atom. The lowest BCUT2D eigenvalue weighted by molar-refractivity contribution is 0.0516. The molecule has 0 bridgehead atoms. The molecule has 0 saturated carbocycles. The molecular formula is C23H29NO6. The summed E-state index contributed by atoms with van der Waals surface area (Å²) >= 11 is 0. The molecule has 0 radical (unpaired) electrons. The van der Waals surface area contributed by atoms with E-state index in [4.69, 9.17) is 18.9 Å². The van der Waals surface area contributed by atoms with Gasteiger partial charge in [-0.05, 0) is 31.0 Å². The lowest BCUT2D eigenvalue weighted by atomic mass is 9.77. The molecule has 1 atom stereocenters. The van der Waals surface area contributed by atoms with Crippen LogP contribution in [0.1, 0.15) is 42.7 Å². The van der Waals surface area contributed by atoms with Crippen molar-refractivity contribution in [1.29, 1.82) is 0 Å². The zero-order valence-electron chi connectivity index (χ0n) is 18.4. The highest BCUT2D eigenvalue weighted by Gasteiger charge is 2.37.